The van der Waals surface area contributed by atoms with Gasteiger partial charge in [0.25, 0.3) is 11.6 Å². The third-order valence-corrected chi connectivity index (χ3v) is 4.14. The van der Waals surface area contributed by atoms with E-state index in [0.717, 1.165) is 19.3 Å². The molecule has 0 saturated carbocycles. The number of carbonyl (C=O) groups excluding carboxylic acids is 1. The van der Waals surface area contributed by atoms with Gasteiger partial charge in [-0.2, -0.15) is 0 Å². The molecule has 6 nitrogen and oxygen atoms in total. The molecule has 2 rings (SSSR count). The van der Waals surface area contributed by atoms with Crippen LogP contribution in [0.15, 0.2) is 18.2 Å². The lowest BCUT2D eigenvalue weighted by atomic mass is 9.85. The minimum absolute atomic E-state index is 0.0454. The van der Waals surface area contributed by atoms with Crippen molar-refractivity contribution < 1.29 is 9.72 Å². The largest absolute Gasteiger partial charge is 0.393 e. The molecule has 0 spiro atoms. The lowest BCUT2D eigenvalue weighted by molar-refractivity contribution is -0.383. The van der Waals surface area contributed by atoms with E-state index in [9.17, 15) is 14.9 Å². The van der Waals surface area contributed by atoms with Gasteiger partial charge in [0.2, 0.25) is 0 Å². The molecule has 1 saturated heterocycles. The number of nitrogen functional groups attached to an aromatic ring is 1. The maximum atomic E-state index is 12.6. The molecule has 1 fully saturated rings. The summed E-state index contributed by atoms with van der Waals surface area (Å²) in [5, 5.41) is 10.9. The molecule has 0 unspecified atom stereocenters. The minimum Gasteiger partial charge on any atom is -0.393 e. The zero-order valence-corrected chi connectivity index (χ0v) is 12.5. The number of nitrogens with two attached hydrogens (primary N) is 1. The van der Waals surface area contributed by atoms with Crippen LogP contribution in [0.1, 0.15) is 43.5 Å². The maximum Gasteiger partial charge on any atom is 0.292 e. The molecule has 1 aromatic carbocycles. The Balaban J connectivity index is 2.24. The van der Waals surface area contributed by atoms with Crippen molar-refractivity contribution in [3.63, 3.8) is 0 Å². The van der Waals surface area contributed by atoms with Gasteiger partial charge in [0.15, 0.2) is 0 Å². The first kappa shape index (κ1) is 15.3. The van der Waals surface area contributed by atoms with Crippen molar-refractivity contribution in [3.05, 3.63) is 33.9 Å². The number of benzene rings is 1. The van der Waals surface area contributed by atoms with Crippen LogP contribution in [0.2, 0.25) is 0 Å². The average Bonchev–Trinajstić information content (AvgIpc) is 2.59. The molecule has 6 heteroatoms. The van der Waals surface area contributed by atoms with Crippen LogP contribution in [0, 0.1) is 15.5 Å². The second kappa shape index (κ2) is 5.71. The Morgan fingerprint density at radius 2 is 2.05 bits per heavy atom. The molecule has 114 valence electrons. The number of nitro groups is 1. The zero-order valence-electron chi connectivity index (χ0n) is 12.5. The normalized spacial score (nSPS) is 18.1. The molecular formula is C15H21N3O3. The van der Waals surface area contributed by atoms with Gasteiger partial charge in [0.1, 0.15) is 5.69 Å². The number of anilines is 1. The predicted octanol–water partition coefficient (Wildman–Crippen LogP) is 2.83. The molecule has 0 atom stereocenters. The van der Waals surface area contributed by atoms with Crippen LogP contribution in [0.4, 0.5) is 11.4 Å². The second-order valence-electron chi connectivity index (χ2n) is 6.31. The topological polar surface area (TPSA) is 89.5 Å². The van der Waals surface area contributed by atoms with Crippen molar-refractivity contribution in [2.24, 2.45) is 5.41 Å². The number of para-hydroxylation sites is 1. The molecular weight excluding hydrogens is 270 g/mol. The van der Waals surface area contributed by atoms with E-state index >= 15 is 0 Å². The van der Waals surface area contributed by atoms with Crippen molar-refractivity contribution in [3.8, 4) is 0 Å². The van der Waals surface area contributed by atoms with Crippen molar-refractivity contribution in [1.29, 1.82) is 0 Å². The molecule has 0 aromatic heterocycles. The highest BCUT2D eigenvalue weighted by Gasteiger charge is 2.28. The smallest absolute Gasteiger partial charge is 0.292 e. The Labute approximate surface area is 124 Å². The van der Waals surface area contributed by atoms with E-state index in [1.807, 2.05) is 0 Å². The predicted molar refractivity (Wildman–Crippen MR) is 81.0 cm³/mol. The van der Waals surface area contributed by atoms with E-state index in [4.69, 9.17) is 5.73 Å². The minimum atomic E-state index is -0.558. The lowest BCUT2D eigenvalue weighted by Crippen LogP contribution is -2.33. The second-order valence-corrected chi connectivity index (χ2v) is 6.31. The van der Waals surface area contributed by atoms with Crippen molar-refractivity contribution in [2.45, 2.75) is 33.1 Å². The quantitative estimate of drug-likeness (QED) is 0.515. The summed E-state index contributed by atoms with van der Waals surface area (Å²) < 4.78 is 0. The Morgan fingerprint density at radius 3 is 2.71 bits per heavy atom. The van der Waals surface area contributed by atoms with Crippen molar-refractivity contribution in [2.75, 3.05) is 18.8 Å². The van der Waals surface area contributed by atoms with Gasteiger partial charge in [0, 0.05) is 19.2 Å². The van der Waals surface area contributed by atoms with Crippen LogP contribution in [0.25, 0.3) is 0 Å². The van der Waals surface area contributed by atoms with Gasteiger partial charge in [-0.25, -0.2) is 0 Å². The molecule has 2 N–H and O–H groups in total. The van der Waals surface area contributed by atoms with Crippen molar-refractivity contribution in [1.82, 2.24) is 4.90 Å². The zero-order chi connectivity index (χ0) is 15.6. The first-order chi connectivity index (χ1) is 9.82. The SMILES string of the molecule is CC1(C)CCCN(C(=O)c2cccc([N+](=O)[O-])c2N)CC1. The number of hydrogen-bond donors (Lipinski definition) is 1. The van der Waals surface area contributed by atoms with Crippen LogP contribution in [0.5, 0.6) is 0 Å². The number of hydrogen-bond acceptors (Lipinski definition) is 4. The van der Waals surface area contributed by atoms with Crippen LogP contribution in [-0.2, 0) is 0 Å². The van der Waals surface area contributed by atoms with Crippen molar-refractivity contribution >= 4 is 17.3 Å². The summed E-state index contributed by atoms with van der Waals surface area (Å²) in [6.07, 6.45) is 2.93. The molecule has 0 radical (unpaired) electrons. The number of nitro benzene ring substituents is 1. The van der Waals surface area contributed by atoms with E-state index in [0.29, 0.717) is 13.1 Å². The van der Waals surface area contributed by atoms with Gasteiger partial charge in [-0.15, -0.1) is 0 Å². The Hall–Kier alpha value is -2.11. The van der Waals surface area contributed by atoms with Gasteiger partial charge in [-0.3, -0.25) is 14.9 Å². The fraction of sp³-hybridized carbons (Fsp3) is 0.533. The number of nitrogens with zero attached hydrogens (tertiary/aromatic N) is 2. The summed E-state index contributed by atoms with van der Waals surface area (Å²) >= 11 is 0. The number of carbonyl (C=O) groups is 1. The lowest BCUT2D eigenvalue weighted by Gasteiger charge is -2.23. The molecule has 0 bridgehead atoms. The molecule has 1 amide bonds. The van der Waals surface area contributed by atoms with E-state index < -0.39 is 4.92 Å². The van der Waals surface area contributed by atoms with Gasteiger partial charge >= 0.3 is 0 Å². The highest BCUT2D eigenvalue weighted by Crippen LogP contribution is 2.31. The first-order valence-electron chi connectivity index (χ1n) is 7.14. The molecule has 1 aliphatic rings. The summed E-state index contributed by atoms with van der Waals surface area (Å²) in [5.74, 6) is -0.214. The number of likely N-dealkylation sites (tertiary alicyclic amines) is 1. The summed E-state index contributed by atoms with van der Waals surface area (Å²) in [5.41, 5.74) is 5.99. The van der Waals surface area contributed by atoms with Crippen LogP contribution in [0.3, 0.4) is 0 Å². The van der Waals surface area contributed by atoms with E-state index in [2.05, 4.69) is 13.8 Å². The summed E-state index contributed by atoms with van der Waals surface area (Å²) in [6, 6.07) is 4.38. The molecule has 0 aliphatic carbocycles. The fourth-order valence-electron chi connectivity index (χ4n) is 2.70. The average molecular weight is 291 g/mol. The monoisotopic (exact) mass is 291 g/mol. The molecule has 1 aliphatic heterocycles. The molecule has 1 heterocycles. The standard InChI is InChI=1S/C15H21N3O3/c1-15(2)7-4-9-17(10-8-15)14(19)11-5-3-6-12(13(11)16)18(20)21/h3,5-6H,4,7-10,16H2,1-2H3. The van der Waals surface area contributed by atoms with Gasteiger partial charge < -0.3 is 10.6 Å². The molecule has 21 heavy (non-hydrogen) atoms. The van der Waals surface area contributed by atoms with Crippen LogP contribution in [-0.4, -0.2) is 28.8 Å². The van der Waals surface area contributed by atoms with Crippen LogP contribution < -0.4 is 5.73 Å². The highest BCUT2D eigenvalue weighted by molar-refractivity contribution is 6.01. The maximum absolute atomic E-state index is 12.6. The van der Waals surface area contributed by atoms with Gasteiger partial charge in [-0.1, -0.05) is 19.9 Å². The summed E-state index contributed by atoms with van der Waals surface area (Å²) in [4.78, 5) is 24.7. The summed E-state index contributed by atoms with van der Waals surface area (Å²) in [7, 11) is 0. The first-order valence-corrected chi connectivity index (χ1v) is 7.14. The summed E-state index contributed by atoms with van der Waals surface area (Å²) in [6.45, 7) is 5.73. The van der Waals surface area contributed by atoms with E-state index in [-0.39, 0.29) is 28.3 Å². The Morgan fingerprint density at radius 1 is 1.33 bits per heavy atom. The van der Waals surface area contributed by atoms with E-state index in [1.165, 1.54) is 12.1 Å². The molecule has 1 aromatic rings. The fourth-order valence-corrected chi connectivity index (χ4v) is 2.70. The van der Waals surface area contributed by atoms with Gasteiger partial charge in [-0.05, 0) is 30.7 Å². The highest BCUT2D eigenvalue weighted by atomic mass is 16.6. The number of amides is 1. The van der Waals surface area contributed by atoms with Crippen LogP contribution >= 0.6 is 0 Å². The number of rotatable bonds is 2. The Kier molecular flexibility index (Phi) is 4.16. The third kappa shape index (κ3) is 3.32. The third-order valence-electron chi connectivity index (χ3n) is 4.14. The Bertz CT molecular complexity index is 569. The van der Waals surface area contributed by atoms with E-state index in [1.54, 1.807) is 11.0 Å². The van der Waals surface area contributed by atoms with Gasteiger partial charge in [0.05, 0.1) is 10.5 Å².